The van der Waals surface area contributed by atoms with Crippen LogP contribution < -0.4 is 16.0 Å². The van der Waals surface area contributed by atoms with Crippen molar-refractivity contribution in [3.8, 4) is 6.07 Å². The topological polar surface area (TPSA) is 80.2 Å². The van der Waals surface area contributed by atoms with Gasteiger partial charge in [0.05, 0.1) is 0 Å². The van der Waals surface area contributed by atoms with Crippen LogP contribution in [0, 0.1) is 17.1 Å². The van der Waals surface area contributed by atoms with Crippen molar-refractivity contribution in [1.82, 2.24) is 20.9 Å². The lowest BCUT2D eigenvalue weighted by molar-refractivity contribution is -0.117. The van der Waals surface area contributed by atoms with Crippen LogP contribution in [0.5, 0.6) is 0 Å². The monoisotopic (exact) mass is 345 g/mol. The number of amides is 1. The van der Waals surface area contributed by atoms with Crippen molar-refractivity contribution in [2.75, 3.05) is 45.8 Å². The lowest BCUT2D eigenvalue weighted by atomic mass is 10.1. The van der Waals surface area contributed by atoms with Crippen molar-refractivity contribution < 1.29 is 9.18 Å². The quantitative estimate of drug-likeness (QED) is 0.361. The number of carbonyl (C=O) groups excluding carboxylic acids is 1. The van der Waals surface area contributed by atoms with Gasteiger partial charge in [0, 0.05) is 52.0 Å². The molecule has 1 aliphatic rings. The van der Waals surface area contributed by atoms with Crippen LogP contribution in [0.1, 0.15) is 5.56 Å². The van der Waals surface area contributed by atoms with Gasteiger partial charge in [-0.1, -0.05) is 12.1 Å². The minimum Gasteiger partial charge on any atom is -0.389 e. The normalized spacial score (nSPS) is 15.4. The number of hydrogen-bond donors (Lipinski definition) is 3. The fourth-order valence-electron chi connectivity index (χ4n) is 2.59. The molecule has 134 valence electrons. The highest BCUT2D eigenvalue weighted by Gasteiger charge is 2.11. The first kappa shape index (κ1) is 18.9. The van der Waals surface area contributed by atoms with Crippen molar-refractivity contribution in [2.24, 2.45) is 0 Å². The fourth-order valence-corrected chi connectivity index (χ4v) is 2.59. The highest BCUT2D eigenvalue weighted by Crippen LogP contribution is 2.03. The Kier molecular flexibility index (Phi) is 7.89. The lowest BCUT2D eigenvalue weighted by Gasteiger charge is -2.27. The molecule has 0 aromatic heterocycles. The van der Waals surface area contributed by atoms with Gasteiger partial charge < -0.3 is 16.0 Å². The van der Waals surface area contributed by atoms with Crippen LogP contribution in [0.25, 0.3) is 0 Å². The molecule has 0 atom stereocenters. The van der Waals surface area contributed by atoms with Crippen LogP contribution in [0.3, 0.4) is 0 Å². The number of benzene rings is 1. The number of carbonyl (C=O) groups is 1. The summed E-state index contributed by atoms with van der Waals surface area (Å²) < 4.78 is 13.1. The second-order valence-electron chi connectivity index (χ2n) is 5.85. The Morgan fingerprint density at radius 3 is 2.88 bits per heavy atom. The summed E-state index contributed by atoms with van der Waals surface area (Å²) in [5.74, 6) is -0.648. The van der Waals surface area contributed by atoms with Crippen LogP contribution in [-0.4, -0.2) is 56.6 Å². The van der Waals surface area contributed by atoms with E-state index in [1.807, 2.05) is 12.1 Å². The number of nitrogens with one attached hydrogen (secondary N) is 3. The molecule has 0 radical (unpaired) electrons. The zero-order valence-corrected chi connectivity index (χ0v) is 14.2. The van der Waals surface area contributed by atoms with E-state index in [4.69, 9.17) is 5.26 Å². The molecular weight excluding hydrogens is 321 g/mol. The Morgan fingerprint density at radius 1 is 1.36 bits per heavy atom. The smallest absolute Gasteiger partial charge is 0.263 e. The van der Waals surface area contributed by atoms with Gasteiger partial charge >= 0.3 is 0 Å². The molecule has 1 aromatic carbocycles. The van der Waals surface area contributed by atoms with E-state index < -0.39 is 0 Å². The summed E-state index contributed by atoms with van der Waals surface area (Å²) in [6.45, 7) is 5.68. The fraction of sp³-hybridized carbons (Fsp3) is 0.444. The van der Waals surface area contributed by atoms with Gasteiger partial charge in [-0.15, -0.1) is 0 Å². The second kappa shape index (κ2) is 10.4. The van der Waals surface area contributed by atoms with E-state index in [1.165, 1.54) is 18.3 Å². The van der Waals surface area contributed by atoms with Gasteiger partial charge in [-0.2, -0.15) is 5.26 Å². The van der Waals surface area contributed by atoms with Gasteiger partial charge in [0.2, 0.25) is 0 Å². The molecule has 0 saturated carbocycles. The molecule has 1 aromatic rings. The van der Waals surface area contributed by atoms with Crippen LogP contribution in [0.15, 0.2) is 36.0 Å². The van der Waals surface area contributed by atoms with Crippen molar-refractivity contribution >= 4 is 5.91 Å². The highest BCUT2D eigenvalue weighted by molar-refractivity contribution is 5.97. The SMILES string of the molecule is N#C/C(=C/NCCc1cccc(F)c1)C(=O)NCCN1CCNCC1. The maximum absolute atomic E-state index is 13.1. The molecule has 1 heterocycles. The summed E-state index contributed by atoms with van der Waals surface area (Å²) in [4.78, 5) is 14.3. The third kappa shape index (κ3) is 6.91. The summed E-state index contributed by atoms with van der Waals surface area (Å²) in [5.41, 5.74) is 0.902. The zero-order valence-electron chi connectivity index (χ0n) is 14.2. The van der Waals surface area contributed by atoms with Crippen LogP contribution >= 0.6 is 0 Å². The van der Waals surface area contributed by atoms with E-state index in [0.717, 1.165) is 38.3 Å². The van der Waals surface area contributed by atoms with Gasteiger partial charge in [-0.25, -0.2) is 4.39 Å². The maximum atomic E-state index is 13.1. The van der Waals surface area contributed by atoms with Crippen LogP contribution in [0.2, 0.25) is 0 Å². The molecule has 1 saturated heterocycles. The van der Waals surface area contributed by atoms with Crippen LogP contribution in [-0.2, 0) is 11.2 Å². The molecular formula is C18H24FN5O. The summed E-state index contributed by atoms with van der Waals surface area (Å²) in [6, 6.07) is 8.27. The molecule has 0 aliphatic carbocycles. The first-order chi connectivity index (χ1) is 12.2. The summed E-state index contributed by atoms with van der Waals surface area (Å²) >= 11 is 0. The van der Waals surface area contributed by atoms with Crippen molar-refractivity contribution in [2.45, 2.75) is 6.42 Å². The number of piperazine rings is 1. The summed E-state index contributed by atoms with van der Waals surface area (Å²) in [6.07, 6.45) is 2.02. The van der Waals surface area contributed by atoms with Crippen molar-refractivity contribution in [1.29, 1.82) is 5.26 Å². The lowest BCUT2D eigenvalue weighted by Crippen LogP contribution is -2.46. The van der Waals surface area contributed by atoms with E-state index in [0.29, 0.717) is 19.5 Å². The van der Waals surface area contributed by atoms with Gasteiger partial charge in [0.15, 0.2) is 0 Å². The summed E-state index contributed by atoms with van der Waals surface area (Å²) in [5, 5.41) is 18.1. The Labute approximate surface area is 147 Å². The number of nitrogens with zero attached hydrogens (tertiary/aromatic N) is 2. The Bertz CT molecular complexity index is 635. The molecule has 1 fully saturated rings. The standard InChI is InChI=1S/C18H24FN5O/c19-17-3-1-2-15(12-17)4-5-22-14-16(13-20)18(25)23-8-11-24-9-6-21-7-10-24/h1-3,12,14,21-22H,4-11H2,(H,23,25)/b16-14-. The predicted molar refractivity (Wildman–Crippen MR) is 94.1 cm³/mol. The van der Waals surface area contributed by atoms with Gasteiger partial charge in [-0.3, -0.25) is 9.69 Å². The molecule has 2 rings (SSSR count). The van der Waals surface area contributed by atoms with E-state index in [9.17, 15) is 9.18 Å². The first-order valence-corrected chi connectivity index (χ1v) is 8.48. The molecule has 0 unspecified atom stereocenters. The number of halogens is 1. The Balaban J connectivity index is 1.69. The third-order valence-electron chi connectivity index (χ3n) is 3.98. The van der Waals surface area contributed by atoms with Crippen molar-refractivity contribution in [3.63, 3.8) is 0 Å². The summed E-state index contributed by atoms with van der Waals surface area (Å²) in [7, 11) is 0. The average Bonchev–Trinajstić information content (AvgIpc) is 2.62. The minimum absolute atomic E-state index is 0.0413. The van der Waals surface area contributed by atoms with Gasteiger partial charge in [-0.05, 0) is 24.1 Å². The molecule has 25 heavy (non-hydrogen) atoms. The van der Waals surface area contributed by atoms with E-state index in [-0.39, 0.29) is 17.3 Å². The van der Waals surface area contributed by atoms with E-state index >= 15 is 0 Å². The minimum atomic E-state index is -0.379. The maximum Gasteiger partial charge on any atom is 0.263 e. The average molecular weight is 345 g/mol. The van der Waals surface area contributed by atoms with Crippen LogP contribution in [0.4, 0.5) is 4.39 Å². The largest absolute Gasteiger partial charge is 0.389 e. The number of nitriles is 1. The zero-order chi connectivity index (χ0) is 17.9. The van der Waals surface area contributed by atoms with Gasteiger partial charge in [0.25, 0.3) is 5.91 Å². The molecule has 1 amide bonds. The van der Waals surface area contributed by atoms with E-state index in [1.54, 1.807) is 6.07 Å². The molecule has 0 spiro atoms. The van der Waals surface area contributed by atoms with Crippen molar-refractivity contribution in [3.05, 3.63) is 47.4 Å². The molecule has 0 bridgehead atoms. The number of hydrogen-bond acceptors (Lipinski definition) is 5. The van der Waals surface area contributed by atoms with Gasteiger partial charge in [0.1, 0.15) is 17.5 Å². The third-order valence-corrected chi connectivity index (χ3v) is 3.98. The predicted octanol–water partition coefficient (Wildman–Crippen LogP) is 0.387. The first-order valence-electron chi connectivity index (χ1n) is 8.48. The highest BCUT2D eigenvalue weighted by atomic mass is 19.1. The molecule has 3 N–H and O–H groups in total. The molecule has 7 heteroatoms. The van der Waals surface area contributed by atoms with E-state index in [2.05, 4.69) is 20.9 Å². The Morgan fingerprint density at radius 2 is 2.16 bits per heavy atom. The molecule has 6 nitrogen and oxygen atoms in total. The number of rotatable bonds is 8. The molecule has 1 aliphatic heterocycles. The second-order valence-corrected chi connectivity index (χ2v) is 5.85. The Hall–Kier alpha value is -2.43.